The minimum Gasteiger partial charge on any atom is -0.449 e. The topological polar surface area (TPSA) is 50.4 Å². The van der Waals surface area contributed by atoms with Crippen LogP contribution in [0.2, 0.25) is 0 Å². The monoisotopic (exact) mass is 250 g/mol. The largest absolute Gasteiger partial charge is 0.449 e. The molecule has 18 heavy (non-hydrogen) atoms. The van der Waals surface area contributed by atoms with Gasteiger partial charge in [-0.15, -0.1) is 0 Å². The highest BCUT2D eigenvalue weighted by Gasteiger charge is 2.16. The number of allylic oxidation sites excluding steroid dienone is 3. The number of ether oxygens (including phenoxy) is 1. The van der Waals surface area contributed by atoms with Gasteiger partial charge in [-0.25, -0.2) is 4.79 Å². The molecular formula is C14H22N2O2. The van der Waals surface area contributed by atoms with Crippen molar-refractivity contribution < 1.29 is 9.53 Å². The zero-order valence-corrected chi connectivity index (χ0v) is 10.7. The molecule has 2 rings (SSSR count). The third kappa shape index (κ3) is 4.53. The first kappa shape index (κ1) is 13.1. The van der Waals surface area contributed by atoms with Crippen LogP contribution in [0.4, 0.5) is 4.79 Å². The van der Waals surface area contributed by atoms with Gasteiger partial charge in [0.2, 0.25) is 0 Å². The van der Waals surface area contributed by atoms with Crippen LogP contribution in [-0.4, -0.2) is 31.8 Å². The Kier molecular flexibility index (Phi) is 5.27. The number of carbonyl (C=O) groups is 1. The number of rotatable bonds is 3. The molecule has 1 saturated heterocycles. The van der Waals surface area contributed by atoms with Crippen LogP contribution in [0.25, 0.3) is 0 Å². The molecule has 0 radical (unpaired) electrons. The van der Waals surface area contributed by atoms with Crippen LogP contribution in [-0.2, 0) is 4.74 Å². The lowest BCUT2D eigenvalue weighted by atomic mass is 10.0. The molecule has 1 amide bonds. The highest BCUT2D eigenvalue weighted by molar-refractivity contribution is 5.67. The minimum atomic E-state index is -0.286. The first-order valence-electron chi connectivity index (χ1n) is 6.82. The zero-order chi connectivity index (χ0) is 12.6. The predicted molar refractivity (Wildman–Crippen MR) is 71.4 cm³/mol. The van der Waals surface area contributed by atoms with Crippen LogP contribution in [0.1, 0.15) is 25.7 Å². The highest BCUT2D eigenvalue weighted by Crippen LogP contribution is 2.11. The summed E-state index contributed by atoms with van der Waals surface area (Å²) in [5.41, 5.74) is 0. The molecule has 4 nitrogen and oxygen atoms in total. The Morgan fingerprint density at radius 1 is 1.39 bits per heavy atom. The molecule has 2 N–H and O–H groups in total. The van der Waals surface area contributed by atoms with E-state index < -0.39 is 0 Å². The molecule has 4 heteroatoms. The number of amides is 1. The number of alkyl carbamates (subject to hydrolysis) is 1. The molecule has 2 aliphatic rings. The highest BCUT2D eigenvalue weighted by atomic mass is 16.5. The second-order valence-electron chi connectivity index (χ2n) is 4.95. The van der Waals surface area contributed by atoms with Crippen LogP contribution in [0.15, 0.2) is 24.3 Å². The third-order valence-electron chi connectivity index (χ3n) is 3.37. The number of hydrogen-bond acceptors (Lipinski definition) is 3. The van der Waals surface area contributed by atoms with Gasteiger partial charge in [-0.3, -0.25) is 0 Å². The Hall–Kier alpha value is -1.29. The predicted octanol–water partition coefficient (Wildman–Crippen LogP) is 1.99. The summed E-state index contributed by atoms with van der Waals surface area (Å²) in [5.74, 6) is 0.327. The van der Waals surface area contributed by atoms with E-state index >= 15 is 0 Å². The molecule has 1 aliphatic carbocycles. The van der Waals surface area contributed by atoms with E-state index in [1.807, 2.05) is 12.2 Å². The second-order valence-corrected chi connectivity index (χ2v) is 4.95. The van der Waals surface area contributed by atoms with E-state index in [9.17, 15) is 4.79 Å². The van der Waals surface area contributed by atoms with Gasteiger partial charge < -0.3 is 15.4 Å². The summed E-state index contributed by atoms with van der Waals surface area (Å²) < 4.78 is 5.26. The minimum absolute atomic E-state index is 0.210. The molecule has 0 aromatic rings. The molecular weight excluding hydrogens is 228 g/mol. The summed E-state index contributed by atoms with van der Waals surface area (Å²) in [5, 5.41) is 6.25. The van der Waals surface area contributed by atoms with Gasteiger partial charge in [-0.2, -0.15) is 0 Å². The summed E-state index contributed by atoms with van der Waals surface area (Å²) in [7, 11) is 0. The fourth-order valence-electron chi connectivity index (χ4n) is 2.29. The van der Waals surface area contributed by atoms with Crippen LogP contribution >= 0.6 is 0 Å². The van der Waals surface area contributed by atoms with Crippen LogP contribution in [0, 0.1) is 5.92 Å². The summed E-state index contributed by atoms with van der Waals surface area (Å²) in [6.07, 6.45) is 12.3. The molecule has 0 spiro atoms. The maximum Gasteiger partial charge on any atom is 0.407 e. The first-order chi connectivity index (χ1) is 8.84. The Morgan fingerprint density at radius 2 is 2.33 bits per heavy atom. The quantitative estimate of drug-likeness (QED) is 0.805. The van der Waals surface area contributed by atoms with Gasteiger partial charge in [0.1, 0.15) is 0 Å². The average Bonchev–Trinajstić information content (AvgIpc) is 2.66. The molecule has 2 unspecified atom stereocenters. The van der Waals surface area contributed by atoms with Crippen molar-refractivity contribution in [2.45, 2.75) is 31.7 Å². The summed E-state index contributed by atoms with van der Waals surface area (Å²) in [6, 6.07) is 0.210. The standard InChI is InChI=1S/C14H22N2O2/c17-14(16-13-8-4-5-9-15-10-13)18-11-12-6-2-1-3-7-12/h1-3,6,12-13,15H,4-5,7-11H2,(H,16,17). The molecule has 0 aromatic carbocycles. The van der Waals surface area contributed by atoms with Crippen molar-refractivity contribution in [3.63, 3.8) is 0 Å². The zero-order valence-electron chi connectivity index (χ0n) is 10.7. The lowest BCUT2D eigenvalue weighted by Crippen LogP contribution is -2.41. The third-order valence-corrected chi connectivity index (χ3v) is 3.37. The fourth-order valence-corrected chi connectivity index (χ4v) is 2.29. The van der Waals surface area contributed by atoms with Gasteiger partial charge in [-0.1, -0.05) is 30.7 Å². The summed E-state index contributed by atoms with van der Waals surface area (Å²) in [6.45, 7) is 2.36. The number of hydrogen-bond donors (Lipinski definition) is 2. The fraction of sp³-hybridized carbons (Fsp3) is 0.643. The van der Waals surface area contributed by atoms with Crippen molar-refractivity contribution in [3.05, 3.63) is 24.3 Å². The molecule has 0 bridgehead atoms. The lowest BCUT2D eigenvalue weighted by Gasteiger charge is -2.18. The van der Waals surface area contributed by atoms with Crippen LogP contribution in [0.5, 0.6) is 0 Å². The van der Waals surface area contributed by atoms with E-state index in [1.165, 1.54) is 6.42 Å². The van der Waals surface area contributed by atoms with Crippen molar-refractivity contribution in [1.82, 2.24) is 10.6 Å². The first-order valence-corrected chi connectivity index (χ1v) is 6.82. The average molecular weight is 250 g/mol. The van der Waals surface area contributed by atoms with E-state index in [-0.39, 0.29) is 12.1 Å². The van der Waals surface area contributed by atoms with Crippen LogP contribution < -0.4 is 10.6 Å². The number of carbonyl (C=O) groups excluding carboxylic acids is 1. The van der Waals surface area contributed by atoms with Crippen molar-refractivity contribution in [2.75, 3.05) is 19.7 Å². The van der Waals surface area contributed by atoms with Crippen LogP contribution in [0.3, 0.4) is 0 Å². The molecule has 100 valence electrons. The van der Waals surface area contributed by atoms with Gasteiger partial charge in [0.25, 0.3) is 0 Å². The Morgan fingerprint density at radius 3 is 3.17 bits per heavy atom. The normalized spacial score (nSPS) is 27.6. The van der Waals surface area contributed by atoms with Crippen molar-refractivity contribution in [1.29, 1.82) is 0 Å². The molecule has 0 aromatic heterocycles. The lowest BCUT2D eigenvalue weighted by molar-refractivity contribution is 0.130. The van der Waals surface area contributed by atoms with Crippen molar-refractivity contribution >= 4 is 6.09 Å². The summed E-state index contributed by atoms with van der Waals surface area (Å²) >= 11 is 0. The van der Waals surface area contributed by atoms with Gasteiger partial charge >= 0.3 is 6.09 Å². The Bertz CT molecular complexity index is 318. The molecule has 0 saturated carbocycles. The van der Waals surface area contributed by atoms with Crippen molar-refractivity contribution in [2.24, 2.45) is 5.92 Å². The molecule has 1 fully saturated rings. The van der Waals surface area contributed by atoms with E-state index in [1.54, 1.807) is 0 Å². The molecule has 1 aliphatic heterocycles. The van der Waals surface area contributed by atoms with E-state index in [0.29, 0.717) is 12.5 Å². The maximum atomic E-state index is 11.7. The smallest absolute Gasteiger partial charge is 0.407 e. The van der Waals surface area contributed by atoms with E-state index in [0.717, 1.165) is 32.4 Å². The van der Waals surface area contributed by atoms with E-state index in [4.69, 9.17) is 4.74 Å². The second kappa shape index (κ2) is 7.21. The summed E-state index contributed by atoms with van der Waals surface area (Å²) in [4.78, 5) is 11.7. The SMILES string of the molecule is O=C(NC1CCCCNC1)OCC1C=CC=CC1. The van der Waals surface area contributed by atoms with Gasteiger partial charge in [0.15, 0.2) is 0 Å². The van der Waals surface area contributed by atoms with E-state index in [2.05, 4.69) is 22.8 Å². The van der Waals surface area contributed by atoms with Gasteiger partial charge in [-0.05, 0) is 25.8 Å². The Labute approximate surface area is 108 Å². The Balaban J connectivity index is 1.64. The molecule has 1 heterocycles. The number of nitrogens with one attached hydrogen (secondary N) is 2. The van der Waals surface area contributed by atoms with Gasteiger partial charge in [0.05, 0.1) is 6.61 Å². The maximum absolute atomic E-state index is 11.7. The molecule has 2 atom stereocenters. The van der Waals surface area contributed by atoms with Crippen molar-refractivity contribution in [3.8, 4) is 0 Å². The van der Waals surface area contributed by atoms with Gasteiger partial charge in [0, 0.05) is 18.5 Å².